The number of rotatable bonds is 5. The van der Waals surface area contributed by atoms with E-state index in [9.17, 15) is 9.90 Å². The van der Waals surface area contributed by atoms with Crippen LogP contribution < -0.4 is 19.5 Å². The third kappa shape index (κ3) is 3.68. The van der Waals surface area contributed by atoms with Crippen LogP contribution in [0.1, 0.15) is 10.4 Å². The molecule has 2 N–H and O–H groups in total. The van der Waals surface area contributed by atoms with Gasteiger partial charge in [0.1, 0.15) is 11.5 Å². The van der Waals surface area contributed by atoms with Crippen LogP contribution in [0.25, 0.3) is 0 Å². The van der Waals surface area contributed by atoms with E-state index in [2.05, 4.69) is 21.2 Å². The van der Waals surface area contributed by atoms with Crippen LogP contribution in [-0.2, 0) is 0 Å². The molecule has 0 unspecified atom stereocenters. The molecule has 1 amide bonds. The summed E-state index contributed by atoms with van der Waals surface area (Å²) in [6, 6.07) is 8.02. The van der Waals surface area contributed by atoms with Crippen LogP contribution in [0, 0.1) is 0 Å². The van der Waals surface area contributed by atoms with Gasteiger partial charge < -0.3 is 24.6 Å². The number of hydrogen-bond acceptors (Lipinski definition) is 5. The molecular formula is C16H16BrNO5. The highest BCUT2D eigenvalue weighted by molar-refractivity contribution is 9.10. The zero-order valence-electron chi connectivity index (χ0n) is 12.8. The maximum absolute atomic E-state index is 12.4. The van der Waals surface area contributed by atoms with E-state index < -0.39 is 0 Å². The van der Waals surface area contributed by atoms with Gasteiger partial charge in [0.15, 0.2) is 11.5 Å². The SMILES string of the molecule is COc1ccc(NC(=O)c2cc(Br)c(O)c(OC)c2)c(OC)c1. The Labute approximate surface area is 142 Å². The number of carbonyl (C=O) groups is 1. The number of phenolic OH excluding ortho intramolecular Hbond substituents is 1. The first-order chi connectivity index (χ1) is 11.0. The molecule has 0 heterocycles. The summed E-state index contributed by atoms with van der Waals surface area (Å²) in [4.78, 5) is 12.4. The second-order valence-electron chi connectivity index (χ2n) is 4.53. The number of anilines is 1. The lowest BCUT2D eigenvalue weighted by Crippen LogP contribution is -2.13. The molecule has 122 valence electrons. The Bertz CT molecular complexity index is 733. The van der Waals surface area contributed by atoms with Crippen molar-refractivity contribution in [1.29, 1.82) is 0 Å². The zero-order valence-corrected chi connectivity index (χ0v) is 14.4. The third-order valence-corrected chi connectivity index (χ3v) is 3.77. The Balaban J connectivity index is 2.31. The molecule has 0 aliphatic carbocycles. The molecule has 0 aromatic heterocycles. The van der Waals surface area contributed by atoms with Gasteiger partial charge >= 0.3 is 0 Å². The average molecular weight is 382 g/mol. The maximum atomic E-state index is 12.4. The molecule has 2 rings (SSSR count). The fourth-order valence-corrected chi connectivity index (χ4v) is 2.40. The lowest BCUT2D eigenvalue weighted by molar-refractivity contribution is 0.102. The fraction of sp³-hybridized carbons (Fsp3) is 0.188. The van der Waals surface area contributed by atoms with Gasteiger partial charge in [0.05, 0.1) is 31.5 Å². The molecule has 0 aliphatic rings. The Kier molecular flexibility index (Phi) is 5.33. The monoisotopic (exact) mass is 381 g/mol. The molecule has 2 aromatic carbocycles. The molecule has 7 heteroatoms. The Hall–Kier alpha value is -2.41. The second kappa shape index (κ2) is 7.23. The molecule has 0 saturated carbocycles. The molecule has 0 spiro atoms. The number of benzene rings is 2. The van der Waals surface area contributed by atoms with Crippen molar-refractivity contribution in [3.8, 4) is 23.0 Å². The van der Waals surface area contributed by atoms with Gasteiger partial charge in [-0.25, -0.2) is 0 Å². The normalized spacial score (nSPS) is 10.1. The zero-order chi connectivity index (χ0) is 17.0. The summed E-state index contributed by atoms with van der Waals surface area (Å²) in [6.45, 7) is 0. The minimum absolute atomic E-state index is 0.0638. The van der Waals surface area contributed by atoms with E-state index in [1.54, 1.807) is 25.3 Å². The van der Waals surface area contributed by atoms with Crippen molar-refractivity contribution in [3.63, 3.8) is 0 Å². The molecule has 2 aromatic rings. The number of amides is 1. The molecule has 0 fully saturated rings. The summed E-state index contributed by atoms with van der Waals surface area (Å²) in [7, 11) is 4.47. The first-order valence-electron chi connectivity index (χ1n) is 6.60. The van der Waals surface area contributed by atoms with Crippen LogP contribution in [0.15, 0.2) is 34.8 Å². The first-order valence-corrected chi connectivity index (χ1v) is 7.39. The van der Waals surface area contributed by atoms with E-state index in [1.807, 2.05) is 0 Å². The van der Waals surface area contributed by atoms with Gasteiger partial charge in [-0.2, -0.15) is 0 Å². The highest BCUT2D eigenvalue weighted by Gasteiger charge is 2.15. The Morgan fingerprint density at radius 1 is 1.04 bits per heavy atom. The number of halogens is 1. The number of ether oxygens (including phenoxy) is 3. The molecule has 23 heavy (non-hydrogen) atoms. The van der Waals surface area contributed by atoms with Crippen molar-refractivity contribution in [2.45, 2.75) is 0 Å². The van der Waals surface area contributed by atoms with Crippen molar-refractivity contribution < 1.29 is 24.1 Å². The van der Waals surface area contributed by atoms with Crippen molar-refractivity contribution >= 4 is 27.5 Å². The van der Waals surface area contributed by atoms with Crippen molar-refractivity contribution in [1.82, 2.24) is 0 Å². The predicted octanol–water partition coefficient (Wildman–Crippen LogP) is 3.43. The number of hydrogen-bond donors (Lipinski definition) is 2. The van der Waals surface area contributed by atoms with Crippen LogP contribution in [0.3, 0.4) is 0 Å². The highest BCUT2D eigenvalue weighted by Crippen LogP contribution is 2.36. The van der Waals surface area contributed by atoms with Gasteiger partial charge in [-0.05, 0) is 40.2 Å². The van der Waals surface area contributed by atoms with E-state index in [1.165, 1.54) is 26.4 Å². The van der Waals surface area contributed by atoms with Crippen molar-refractivity contribution in [3.05, 3.63) is 40.4 Å². The number of aromatic hydroxyl groups is 1. The van der Waals surface area contributed by atoms with Gasteiger partial charge in [-0.15, -0.1) is 0 Å². The van der Waals surface area contributed by atoms with Gasteiger partial charge in [0.2, 0.25) is 0 Å². The molecule has 0 bridgehead atoms. The van der Waals surface area contributed by atoms with Crippen LogP contribution in [0.2, 0.25) is 0 Å². The van der Waals surface area contributed by atoms with Crippen molar-refractivity contribution in [2.75, 3.05) is 26.6 Å². The smallest absolute Gasteiger partial charge is 0.255 e. The number of nitrogens with one attached hydrogen (secondary N) is 1. The van der Waals surface area contributed by atoms with Crippen LogP contribution in [0.4, 0.5) is 5.69 Å². The first kappa shape index (κ1) is 17.0. The Morgan fingerprint density at radius 2 is 1.74 bits per heavy atom. The number of phenols is 1. The van der Waals surface area contributed by atoms with E-state index in [4.69, 9.17) is 14.2 Å². The molecule has 0 aliphatic heterocycles. The lowest BCUT2D eigenvalue weighted by Gasteiger charge is -2.13. The largest absolute Gasteiger partial charge is 0.503 e. The van der Waals surface area contributed by atoms with Crippen LogP contribution in [0.5, 0.6) is 23.0 Å². The summed E-state index contributed by atoms with van der Waals surface area (Å²) < 4.78 is 15.8. The number of methoxy groups -OCH3 is 3. The van der Waals surface area contributed by atoms with E-state index in [0.29, 0.717) is 27.2 Å². The summed E-state index contributed by atoms with van der Waals surface area (Å²) in [5.41, 5.74) is 0.825. The van der Waals surface area contributed by atoms with Gasteiger partial charge in [-0.3, -0.25) is 4.79 Å². The summed E-state index contributed by atoms with van der Waals surface area (Å²) in [5.74, 6) is 0.862. The quantitative estimate of drug-likeness (QED) is 0.829. The molecular weight excluding hydrogens is 366 g/mol. The standard InChI is InChI=1S/C16H16BrNO5/c1-21-10-4-5-12(13(8-10)22-2)18-16(20)9-6-11(17)15(19)14(7-9)23-3/h4-8,19H,1-3H3,(H,18,20). The topological polar surface area (TPSA) is 77.0 Å². The van der Waals surface area contributed by atoms with Crippen LogP contribution >= 0.6 is 15.9 Å². The van der Waals surface area contributed by atoms with Crippen LogP contribution in [-0.4, -0.2) is 32.3 Å². The van der Waals surface area contributed by atoms with Gasteiger partial charge in [-0.1, -0.05) is 0 Å². The predicted molar refractivity (Wildman–Crippen MR) is 89.9 cm³/mol. The Morgan fingerprint density at radius 3 is 2.35 bits per heavy atom. The molecule has 0 radical (unpaired) electrons. The second-order valence-corrected chi connectivity index (χ2v) is 5.38. The lowest BCUT2D eigenvalue weighted by atomic mass is 10.1. The maximum Gasteiger partial charge on any atom is 0.255 e. The van der Waals surface area contributed by atoms with E-state index in [-0.39, 0.29) is 17.4 Å². The van der Waals surface area contributed by atoms with Gasteiger partial charge in [0.25, 0.3) is 5.91 Å². The summed E-state index contributed by atoms with van der Waals surface area (Å²) >= 11 is 3.19. The molecule has 6 nitrogen and oxygen atoms in total. The fourth-order valence-electron chi connectivity index (χ4n) is 1.96. The summed E-state index contributed by atoms with van der Waals surface area (Å²) in [6.07, 6.45) is 0. The highest BCUT2D eigenvalue weighted by atomic mass is 79.9. The minimum Gasteiger partial charge on any atom is -0.503 e. The minimum atomic E-state index is -0.368. The van der Waals surface area contributed by atoms with E-state index in [0.717, 1.165) is 0 Å². The number of carbonyl (C=O) groups excluding carboxylic acids is 1. The summed E-state index contributed by atoms with van der Waals surface area (Å²) in [5, 5.41) is 12.5. The molecule has 0 atom stereocenters. The third-order valence-electron chi connectivity index (χ3n) is 3.17. The molecule has 0 saturated heterocycles. The van der Waals surface area contributed by atoms with E-state index >= 15 is 0 Å². The van der Waals surface area contributed by atoms with Gasteiger partial charge in [0, 0.05) is 11.6 Å². The average Bonchev–Trinajstić information content (AvgIpc) is 2.57. The van der Waals surface area contributed by atoms with Crippen molar-refractivity contribution in [2.24, 2.45) is 0 Å².